The fourth-order valence-corrected chi connectivity index (χ4v) is 1.20. The van der Waals surface area contributed by atoms with Crippen LogP contribution in [0, 0.1) is 0 Å². The minimum absolute atomic E-state index is 0.330. The number of hydrogen-bond donors (Lipinski definition) is 0. The normalized spacial score (nSPS) is 12.1. The molecular formula is C12H23NO3. The number of amides is 1. The Bertz CT molecular complexity index is 248. The second-order valence-electron chi connectivity index (χ2n) is 5.76. The Kier molecular flexibility index (Phi) is 4.97. The number of hydrogen-bond acceptors (Lipinski definition) is 3. The summed E-state index contributed by atoms with van der Waals surface area (Å²) in [5, 5.41) is 0. The molecule has 0 aliphatic carbocycles. The Hall–Kier alpha value is -1.06. The van der Waals surface area contributed by atoms with E-state index in [1.165, 1.54) is 0 Å². The van der Waals surface area contributed by atoms with Crippen LogP contribution in [0.5, 0.6) is 0 Å². The van der Waals surface area contributed by atoms with Gasteiger partial charge in [0, 0.05) is 18.5 Å². The molecule has 0 saturated carbocycles. The fourth-order valence-electron chi connectivity index (χ4n) is 1.20. The molecule has 0 N–H and O–H groups in total. The lowest BCUT2D eigenvalue weighted by atomic mass is 10.1. The van der Waals surface area contributed by atoms with Gasteiger partial charge in [-0.1, -0.05) is 0 Å². The average molecular weight is 229 g/mol. The van der Waals surface area contributed by atoms with Crippen LogP contribution in [0.3, 0.4) is 0 Å². The van der Waals surface area contributed by atoms with Gasteiger partial charge in [0.25, 0.3) is 0 Å². The molecule has 0 radical (unpaired) electrons. The molecule has 0 saturated heterocycles. The molecular weight excluding hydrogens is 206 g/mol. The van der Waals surface area contributed by atoms with E-state index in [9.17, 15) is 9.59 Å². The molecule has 94 valence electrons. The van der Waals surface area contributed by atoms with Gasteiger partial charge in [0.15, 0.2) is 0 Å². The van der Waals surface area contributed by atoms with Gasteiger partial charge in [-0.05, 0) is 41.5 Å². The van der Waals surface area contributed by atoms with Crippen molar-refractivity contribution in [2.75, 3.05) is 6.54 Å². The van der Waals surface area contributed by atoms with Gasteiger partial charge in [-0.15, -0.1) is 0 Å². The largest absolute Gasteiger partial charge is 0.444 e. The average Bonchev–Trinajstić information content (AvgIpc) is 1.98. The molecule has 0 aromatic heterocycles. The number of rotatable bonds is 3. The molecule has 0 fully saturated rings. The molecule has 0 bridgehead atoms. The Balaban J connectivity index is 4.64. The van der Waals surface area contributed by atoms with E-state index >= 15 is 0 Å². The van der Waals surface area contributed by atoms with Crippen LogP contribution < -0.4 is 0 Å². The number of carbonyl (C=O) groups is 2. The first-order valence-electron chi connectivity index (χ1n) is 5.52. The summed E-state index contributed by atoms with van der Waals surface area (Å²) in [4.78, 5) is 23.8. The highest BCUT2D eigenvalue weighted by Gasteiger charge is 2.29. The fraction of sp³-hybridized carbons (Fsp3) is 0.833. The van der Waals surface area contributed by atoms with Crippen molar-refractivity contribution in [3.05, 3.63) is 0 Å². The molecule has 0 aromatic rings. The van der Waals surface area contributed by atoms with E-state index in [0.29, 0.717) is 13.0 Å². The van der Waals surface area contributed by atoms with E-state index in [2.05, 4.69) is 0 Å². The second kappa shape index (κ2) is 5.32. The van der Waals surface area contributed by atoms with Crippen molar-refractivity contribution in [3.8, 4) is 0 Å². The van der Waals surface area contributed by atoms with Gasteiger partial charge in [0.1, 0.15) is 11.9 Å². The lowest BCUT2D eigenvalue weighted by molar-refractivity contribution is -0.108. The van der Waals surface area contributed by atoms with E-state index in [0.717, 1.165) is 6.29 Å². The Morgan fingerprint density at radius 1 is 1.19 bits per heavy atom. The molecule has 0 aromatic carbocycles. The van der Waals surface area contributed by atoms with Crippen molar-refractivity contribution < 1.29 is 14.3 Å². The molecule has 0 aliphatic heterocycles. The summed E-state index contributed by atoms with van der Waals surface area (Å²) in [5.74, 6) is 0. The highest BCUT2D eigenvalue weighted by molar-refractivity contribution is 5.69. The third-order valence-corrected chi connectivity index (χ3v) is 1.89. The lowest BCUT2D eigenvalue weighted by Crippen LogP contribution is -2.48. The molecule has 0 rings (SSSR count). The van der Waals surface area contributed by atoms with Crippen LogP contribution in [-0.4, -0.2) is 35.0 Å². The summed E-state index contributed by atoms with van der Waals surface area (Å²) in [6.45, 7) is 11.6. The number of carbonyl (C=O) groups excluding carboxylic acids is 2. The van der Waals surface area contributed by atoms with Crippen LogP contribution in [-0.2, 0) is 9.53 Å². The standard InChI is InChI=1S/C12H23NO3/c1-11(2,3)13(8-7-9-14)10(15)16-12(4,5)6/h9H,7-8H2,1-6H3. The predicted molar refractivity (Wildman–Crippen MR) is 63.4 cm³/mol. The zero-order valence-corrected chi connectivity index (χ0v) is 11.2. The predicted octanol–water partition coefficient (Wildman–Crippen LogP) is 2.61. The first-order chi connectivity index (χ1) is 7.08. The highest BCUT2D eigenvalue weighted by atomic mass is 16.6. The van der Waals surface area contributed by atoms with Crippen molar-refractivity contribution in [2.24, 2.45) is 0 Å². The number of aldehydes is 1. The topological polar surface area (TPSA) is 46.6 Å². The van der Waals surface area contributed by atoms with E-state index in [1.807, 2.05) is 41.5 Å². The van der Waals surface area contributed by atoms with Crippen LogP contribution in [0.4, 0.5) is 4.79 Å². The van der Waals surface area contributed by atoms with Crippen LogP contribution in [0.2, 0.25) is 0 Å². The van der Waals surface area contributed by atoms with Crippen LogP contribution in [0.1, 0.15) is 48.0 Å². The maximum absolute atomic E-state index is 11.9. The van der Waals surface area contributed by atoms with Crippen molar-refractivity contribution in [2.45, 2.75) is 59.1 Å². The van der Waals surface area contributed by atoms with Gasteiger partial charge < -0.3 is 14.4 Å². The summed E-state index contributed by atoms with van der Waals surface area (Å²) in [6, 6.07) is 0. The van der Waals surface area contributed by atoms with Gasteiger partial charge in [-0.25, -0.2) is 4.79 Å². The Morgan fingerprint density at radius 3 is 2.00 bits per heavy atom. The van der Waals surface area contributed by atoms with E-state index in [4.69, 9.17) is 4.74 Å². The molecule has 16 heavy (non-hydrogen) atoms. The summed E-state index contributed by atoms with van der Waals surface area (Å²) >= 11 is 0. The van der Waals surface area contributed by atoms with Crippen molar-refractivity contribution >= 4 is 12.4 Å². The molecule has 0 unspecified atom stereocenters. The summed E-state index contributed by atoms with van der Waals surface area (Å²) in [5.41, 5.74) is -0.854. The maximum atomic E-state index is 11.9. The molecule has 0 atom stereocenters. The van der Waals surface area contributed by atoms with Crippen molar-refractivity contribution in [3.63, 3.8) is 0 Å². The minimum atomic E-state index is -0.512. The second-order valence-corrected chi connectivity index (χ2v) is 5.76. The Morgan fingerprint density at radius 2 is 1.69 bits per heavy atom. The maximum Gasteiger partial charge on any atom is 0.410 e. The SMILES string of the molecule is CC(C)(C)OC(=O)N(CCC=O)C(C)(C)C. The van der Waals surface area contributed by atoms with E-state index in [-0.39, 0.29) is 11.6 Å². The summed E-state index contributed by atoms with van der Waals surface area (Å²) in [6.07, 6.45) is 0.765. The zero-order chi connectivity index (χ0) is 13.0. The van der Waals surface area contributed by atoms with Gasteiger partial charge in [-0.3, -0.25) is 0 Å². The van der Waals surface area contributed by atoms with Crippen molar-refractivity contribution in [1.29, 1.82) is 0 Å². The third-order valence-electron chi connectivity index (χ3n) is 1.89. The van der Waals surface area contributed by atoms with E-state index < -0.39 is 5.60 Å². The van der Waals surface area contributed by atoms with Gasteiger partial charge in [-0.2, -0.15) is 0 Å². The van der Waals surface area contributed by atoms with Gasteiger partial charge in [0.2, 0.25) is 0 Å². The molecule has 0 aliphatic rings. The monoisotopic (exact) mass is 229 g/mol. The van der Waals surface area contributed by atoms with Gasteiger partial charge >= 0.3 is 6.09 Å². The summed E-state index contributed by atoms with van der Waals surface area (Å²) in [7, 11) is 0. The van der Waals surface area contributed by atoms with Crippen molar-refractivity contribution in [1.82, 2.24) is 4.90 Å². The lowest BCUT2D eigenvalue weighted by Gasteiger charge is -2.36. The van der Waals surface area contributed by atoms with Crippen LogP contribution in [0.25, 0.3) is 0 Å². The quantitative estimate of drug-likeness (QED) is 0.699. The first kappa shape index (κ1) is 14.9. The third kappa shape index (κ3) is 5.73. The first-order valence-corrected chi connectivity index (χ1v) is 5.52. The molecule has 0 spiro atoms. The number of nitrogens with zero attached hydrogens (tertiary/aromatic N) is 1. The molecule has 4 nitrogen and oxygen atoms in total. The smallest absolute Gasteiger partial charge is 0.410 e. The number of ether oxygens (including phenoxy) is 1. The highest BCUT2D eigenvalue weighted by Crippen LogP contribution is 2.18. The molecule has 0 heterocycles. The van der Waals surface area contributed by atoms with Crippen LogP contribution in [0.15, 0.2) is 0 Å². The Labute approximate surface area is 98.0 Å². The summed E-state index contributed by atoms with van der Waals surface area (Å²) < 4.78 is 5.29. The van der Waals surface area contributed by atoms with E-state index in [1.54, 1.807) is 4.90 Å². The molecule has 4 heteroatoms. The van der Waals surface area contributed by atoms with Gasteiger partial charge in [0.05, 0.1) is 0 Å². The molecule has 1 amide bonds. The zero-order valence-electron chi connectivity index (χ0n) is 11.2. The van der Waals surface area contributed by atoms with Crippen LogP contribution >= 0.6 is 0 Å². The minimum Gasteiger partial charge on any atom is -0.444 e.